The topological polar surface area (TPSA) is 71.1 Å². The molecule has 0 fully saturated rings. The normalized spacial score (nSPS) is 10.3. The van der Waals surface area contributed by atoms with E-state index in [0.29, 0.717) is 24.3 Å². The van der Waals surface area contributed by atoms with Crippen molar-refractivity contribution in [2.24, 2.45) is 0 Å². The Labute approximate surface area is 130 Å². The first-order chi connectivity index (χ1) is 10.7. The van der Waals surface area contributed by atoms with E-state index in [0.717, 1.165) is 25.7 Å². The Morgan fingerprint density at radius 1 is 0.773 bits per heavy atom. The third-order valence-electron chi connectivity index (χ3n) is 2.79. The Hall–Kier alpha value is -1.92. The van der Waals surface area contributed by atoms with Gasteiger partial charge in [0, 0.05) is 0 Å². The minimum absolute atomic E-state index is 0.292. The standard InChI is InChI=1S/C16H22O6/c1-3-5-11-19-21-15(17)13-7-9-14(10-8-13)16(18)22-20-12-6-4-2/h7-10H,3-6,11-12H2,1-2H3. The minimum Gasteiger partial charge on any atom is -0.293 e. The number of unbranched alkanes of at least 4 members (excludes halogenated alkanes) is 2. The van der Waals surface area contributed by atoms with Gasteiger partial charge in [0.05, 0.1) is 24.3 Å². The monoisotopic (exact) mass is 310 g/mol. The molecule has 0 bridgehead atoms. The summed E-state index contributed by atoms with van der Waals surface area (Å²) in [6, 6.07) is 5.87. The molecule has 0 saturated carbocycles. The summed E-state index contributed by atoms with van der Waals surface area (Å²) in [5.74, 6) is -1.20. The number of carbonyl (C=O) groups is 2. The van der Waals surface area contributed by atoms with Gasteiger partial charge in [0.25, 0.3) is 0 Å². The SMILES string of the molecule is CCCCOOC(=O)c1ccc(C(=O)OOCCCC)cc1. The molecule has 1 aromatic rings. The van der Waals surface area contributed by atoms with Crippen molar-refractivity contribution in [2.45, 2.75) is 39.5 Å². The van der Waals surface area contributed by atoms with Crippen molar-refractivity contribution in [3.05, 3.63) is 35.4 Å². The van der Waals surface area contributed by atoms with Gasteiger partial charge in [-0.05, 0) is 37.1 Å². The van der Waals surface area contributed by atoms with Crippen LogP contribution in [0.4, 0.5) is 0 Å². The van der Waals surface area contributed by atoms with Gasteiger partial charge >= 0.3 is 11.9 Å². The number of carbonyl (C=O) groups excluding carboxylic acids is 2. The van der Waals surface area contributed by atoms with Crippen LogP contribution in [0.25, 0.3) is 0 Å². The minimum atomic E-state index is -0.602. The van der Waals surface area contributed by atoms with Crippen molar-refractivity contribution >= 4 is 11.9 Å². The van der Waals surface area contributed by atoms with Crippen LogP contribution in [0.3, 0.4) is 0 Å². The Morgan fingerprint density at radius 3 is 1.45 bits per heavy atom. The van der Waals surface area contributed by atoms with Crippen LogP contribution in [0.5, 0.6) is 0 Å². The second-order valence-electron chi connectivity index (χ2n) is 4.67. The molecule has 0 aliphatic rings. The predicted octanol–water partition coefficient (Wildman–Crippen LogP) is 3.46. The van der Waals surface area contributed by atoms with E-state index in [9.17, 15) is 9.59 Å². The van der Waals surface area contributed by atoms with Crippen LogP contribution in [0.15, 0.2) is 24.3 Å². The summed E-state index contributed by atoms with van der Waals surface area (Å²) >= 11 is 0. The molecular formula is C16H22O6. The number of benzene rings is 1. The zero-order valence-corrected chi connectivity index (χ0v) is 13.0. The molecule has 1 aromatic carbocycles. The molecule has 0 saturated heterocycles. The molecule has 0 aliphatic heterocycles. The summed E-state index contributed by atoms with van der Waals surface area (Å²) in [6.45, 7) is 4.74. The fourth-order valence-corrected chi connectivity index (χ4v) is 1.44. The van der Waals surface area contributed by atoms with Gasteiger partial charge in [-0.15, -0.1) is 0 Å². The Balaban J connectivity index is 2.41. The lowest BCUT2D eigenvalue weighted by Crippen LogP contribution is -2.09. The van der Waals surface area contributed by atoms with Gasteiger partial charge in [-0.1, -0.05) is 26.7 Å². The highest BCUT2D eigenvalue weighted by Crippen LogP contribution is 2.08. The largest absolute Gasteiger partial charge is 0.373 e. The van der Waals surface area contributed by atoms with Crippen molar-refractivity contribution in [1.82, 2.24) is 0 Å². The number of rotatable bonds is 10. The Morgan fingerprint density at radius 2 is 1.14 bits per heavy atom. The fourth-order valence-electron chi connectivity index (χ4n) is 1.44. The molecule has 0 atom stereocenters. The van der Waals surface area contributed by atoms with Gasteiger partial charge in [-0.25, -0.2) is 9.59 Å². The maximum Gasteiger partial charge on any atom is 0.373 e. The summed E-state index contributed by atoms with van der Waals surface area (Å²) in [7, 11) is 0. The molecule has 1 rings (SSSR count). The third kappa shape index (κ3) is 6.69. The van der Waals surface area contributed by atoms with E-state index in [2.05, 4.69) is 9.78 Å². The van der Waals surface area contributed by atoms with E-state index in [1.165, 1.54) is 24.3 Å². The molecule has 0 aromatic heterocycles. The molecule has 0 N–H and O–H groups in total. The lowest BCUT2D eigenvalue weighted by molar-refractivity contribution is -0.241. The quantitative estimate of drug-likeness (QED) is 0.374. The summed E-state index contributed by atoms with van der Waals surface area (Å²) < 4.78 is 0. The maximum absolute atomic E-state index is 11.6. The lowest BCUT2D eigenvalue weighted by atomic mass is 10.1. The van der Waals surface area contributed by atoms with Gasteiger partial charge in [0.15, 0.2) is 0 Å². The van der Waals surface area contributed by atoms with E-state index < -0.39 is 11.9 Å². The second-order valence-corrected chi connectivity index (χ2v) is 4.67. The average Bonchev–Trinajstić information content (AvgIpc) is 2.55. The Kier molecular flexibility index (Phi) is 8.86. The molecule has 0 aliphatic carbocycles. The van der Waals surface area contributed by atoms with Crippen LogP contribution < -0.4 is 0 Å². The van der Waals surface area contributed by atoms with Crippen molar-refractivity contribution < 1.29 is 29.1 Å². The molecule has 6 nitrogen and oxygen atoms in total. The van der Waals surface area contributed by atoms with Crippen LogP contribution in [-0.2, 0) is 19.6 Å². The first kappa shape index (κ1) is 18.1. The van der Waals surface area contributed by atoms with Gasteiger partial charge in [-0.3, -0.25) is 9.78 Å². The maximum atomic E-state index is 11.6. The third-order valence-corrected chi connectivity index (χ3v) is 2.79. The van der Waals surface area contributed by atoms with Crippen LogP contribution in [0.1, 0.15) is 60.2 Å². The van der Waals surface area contributed by atoms with Gasteiger partial charge in [-0.2, -0.15) is 9.78 Å². The second kappa shape index (κ2) is 10.8. The van der Waals surface area contributed by atoms with Crippen LogP contribution >= 0.6 is 0 Å². The molecular weight excluding hydrogens is 288 g/mol. The van der Waals surface area contributed by atoms with E-state index in [1.807, 2.05) is 13.8 Å². The number of hydrogen-bond acceptors (Lipinski definition) is 6. The van der Waals surface area contributed by atoms with Crippen molar-refractivity contribution in [3.63, 3.8) is 0 Å². The average molecular weight is 310 g/mol. The highest BCUT2D eigenvalue weighted by molar-refractivity contribution is 5.92. The summed E-state index contributed by atoms with van der Waals surface area (Å²) in [4.78, 5) is 42.1. The molecule has 0 amide bonds. The van der Waals surface area contributed by atoms with Crippen LogP contribution in [-0.4, -0.2) is 25.2 Å². The molecule has 6 heteroatoms. The fraction of sp³-hybridized carbons (Fsp3) is 0.500. The molecule has 122 valence electrons. The van der Waals surface area contributed by atoms with Crippen molar-refractivity contribution in [1.29, 1.82) is 0 Å². The smallest absolute Gasteiger partial charge is 0.293 e. The van der Waals surface area contributed by atoms with E-state index in [1.54, 1.807) is 0 Å². The lowest BCUT2D eigenvalue weighted by Gasteiger charge is -2.05. The predicted molar refractivity (Wildman–Crippen MR) is 79.0 cm³/mol. The zero-order valence-electron chi connectivity index (χ0n) is 13.0. The van der Waals surface area contributed by atoms with Crippen molar-refractivity contribution in [2.75, 3.05) is 13.2 Å². The van der Waals surface area contributed by atoms with Gasteiger partial charge in [0.1, 0.15) is 0 Å². The highest BCUT2D eigenvalue weighted by Gasteiger charge is 2.12. The molecule has 0 heterocycles. The van der Waals surface area contributed by atoms with Crippen LogP contribution in [0, 0.1) is 0 Å². The molecule has 22 heavy (non-hydrogen) atoms. The zero-order chi connectivity index (χ0) is 16.2. The van der Waals surface area contributed by atoms with E-state index in [-0.39, 0.29) is 0 Å². The summed E-state index contributed by atoms with van der Waals surface area (Å²) in [5, 5.41) is 0. The summed E-state index contributed by atoms with van der Waals surface area (Å²) in [5.41, 5.74) is 0.583. The molecule has 0 spiro atoms. The Bertz CT molecular complexity index is 411. The first-order valence-corrected chi connectivity index (χ1v) is 7.46. The van der Waals surface area contributed by atoms with Crippen LogP contribution in [0.2, 0.25) is 0 Å². The van der Waals surface area contributed by atoms with Crippen molar-refractivity contribution in [3.8, 4) is 0 Å². The first-order valence-electron chi connectivity index (χ1n) is 7.46. The van der Waals surface area contributed by atoms with E-state index in [4.69, 9.17) is 9.78 Å². The molecule has 0 unspecified atom stereocenters. The van der Waals surface area contributed by atoms with Gasteiger partial charge < -0.3 is 0 Å². The van der Waals surface area contributed by atoms with Gasteiger partial charge in [0.2, 0.25) is 0 Å². The summed E-state index contributed by atoms with van der Waals surface area (Å²) in [6.07, 6.45) is 3.54. The highest BCUT2D eigenvalue weighted by atomic mass is 17.2. The molecule has 0 radical (unpaired) electrons. The number of hydrogen-bond donors (Lipinski definition) is 0. The van der Waals surface area contributed by atoms with E-state index >= 15 is 0 Å².